The number of carbonyl (C=O) groups is 2. The van der Waals surface area contributed by atoms with Gasteiger partial charge in [0.15, 0.2) is 0 Å². The summed E-state index contributed by atoms with van der Waals surface area (Å²) >= 11 is 1.59. The first-order chi connectivity index (χ1) is 13.4. The first-order valence-electron chi connectivity index (χ1n) is 9.68. The van der Waals surface area contributed by atoms with E-state index in [4.69, 9.17) is 0 Å². The van der Waals surface area contributed by atoms with Gasteiger partial charge in [-0.2, -0.15) is 0 Å². The van der Waals surface area contributed by atoms with Crippen LogP contribution in [0.5, 0.6) is 0 Å². The highest BCUT2D eigenvalue weighted by Gasteiger charge is 2.27. The van der Waals surface area contributed by atoms with E-state index in [0.717, 1.165) is 53.5 Å². The third-order valence-electron chi connectivity index (χ3n) is 5.25. The van der Waals surface area contributed by atoms with Gasteiger partial charge in [0.05, 0.1) is 21.0 Å². The maximum absolute atomic E-state index is 11.6. The second-order valence-electron chi connectivity index (χ2n) is 7.82. The smallest absolute Gasteiger partial charge is 0.309 e. The van der Waals surface area contributed by atoms with Crippen LogP contribution in [0.4, 0.5) is 5.69 Å². The van der Waals surface area contributed by atoms with E-state index in [0.29, 0.717) is 12.8 Å². The number of carboxylic acid groups (broad SMARTS) is 1. The summed E-state index contributed by atoms with van der Waals surface area (Å²) in [5.74, 6) is -0.784. The summed E-state index contributed by atoms with van der Waals surface area (Å²) in [6.07, 6.45) is 7.38. The van der Waals surface area contributed by atoms with Crippen LogP contribution >= 0.6 is 11.3 Å². The van der Waals surface area contributed by atoms with Gasteiger partial charge in [-0.05, 0) is 50.8 Å². The van der Waals surface area contributed by atoms with Gasteiger partial charge in [-0.1, -0.05) is 18.6 Å². The Morgan fingerprint density at radius 2 is 1.93 bits per heavy atom. The number of carboxylic acids is 1. The number of amides is 1. The highest BCUT2D eigenvalue weighted by molar-refractivity contribution is 7.15. The lowest BCUT2D eigenvalue weighted by atomic mass is 9.88. The predicted octanol–water partition coefficient (Wildman–Crippen LogP) is 4.22. The Morgan fingerprint density at radius 1 is 1.25 bits per heavy atom. The van der Waals surface area contributed by atoms with Crippen LogP contribution in [0.1, 0.15) is 44.5 Å². The molecule has 1 amide bonds. The van der Waals surface area contributed by atoms with E-state index in [1.807, 2.05) is 30.5 Å². The second kappa shape index (κ2) is 8.84. The number of thiazole rings is 1. The fourth-order valence-corrected chi connectivity index (χ4v) is 4.17. The number of aliphatic carboxylic acids is 1. The molecule has 2 heterocycles. The number of hydrazine groups is 1. The van der Waals surface area contributed by atoms with Crippen LogP contribution < -0.4 is 5.01 Å². The van der Waals surface area contributed by atoms with Gasteiger partial charge in [-0.15, -0.1) is 11.3 Å². The topological polar surface area (TPSA) is 73.7 Å². The largest absolute Gasteiger partial charge is 0.481 e. The molecule has 0 radical (unpaired) electrons. The highest BCUT2D eigenvalue weighted by atomic mass is 32.1. The minimum absolute atomic E-state index is 0.554. The molecule has 1 aromatic carbocycles. The molecule has 1 N–H and O–H groups in total. The van der Waals surface area contributed by atoms with Crippen LogP contribution in [0.15, 0.2) is 30.5 Å². The fraction of sp³-hybridized carbons (Fsp3) is 0.476. The van der Waals surface area contributed by atoms with Gasteiger partial charge in [0.2, 0.25) is 6.41 Å². The Hall–Kier alpha value is -2.25. The lowest BCUT2D eigenvalue weighted by Gasteiger charge is -2.34. The molecule has 7 heteroatoms. The second-order valence-corrected chi connectivity index (χ2v) is 8.93. The summed E-state index contributed by atoms with van der Waals surface area (Å²) in [5, 5.41) is 14.0. The van der Waals surface area contributed by atoms with Crippen LogP contribution in [-0.4, -0.2) is 40.6 Å². The third kappa shape index (κ3) is 4.77. The number of aryl methyl sites for hydroxylation is 1. The van der Waals surface area contributed by atoms with Crippen LogP contribution in [0.25, 0.3) is 10.4 Å². The van der Waals surface area contributed by atoms with Gasteiger partial charge < -0.3 is 5.11 Å². The van der Waals surface area contributed by atoms with E-state index in [2.05, 4.69) is 9.99 Å². The summed E-state index contributed by atoms with van der Waals surface area (Å²) in [7, 11) is 0. The minimum atomic E-state index is -0.784. The molecule has 1 aliphatic heterocycles. The molecule has 3 rings (SSSR count). The number of aromatic nitrogens is 1. The number of nitrogens with zero attached hydrogens (tertiary/aromatic N) is 3. The molecule has 1 saturated heterocycles. The molecule has 0 unspecified atom stereocenters. The van der Waals surface area contributed by atoms with Crippen LogP contribution in [0.3, 0.4) is 0 Å². The van der Waals surface area contributed by atoms with E-state index in [1.165, 1.54) is 6.42 Å². The van der Waals surface area contributed by atoms with Gasteiger partial charge in [0, 0.05) is 25.7 Å². The van der Waals surface area contributed by atoms with E-state index in [1.54, 1.807) is 30.2 Å². The van der Waals surface area contributed by atoms with E-state index < -0.39 is 11.4 Å². The van der Waals surface area contributed by atoms with Crippen molar-refractivity contribution in [3.8, 4) is 10.4 Å². The van der Waals surface area contributed by atoms with E-state index in [-0.39, 0.29) is 0 Å². The van der Waals surface area contributed by atoms with Crippen molar-refractivity contribution in [1.29, 1.82) is 0 Å². The zero-order valence-corrected chi connectivity index (χ0v) is 17.2. The van der Waals surface area contributed by atoms with Crippen molar-refractivity contribution < 1.29 is 14.7 Å². The maximum atomic E-state index is 11.6. The number of hydrogen-bond acceptors (Lipinski definition) is 5. The van der Waals surface area contributed by atoms with Crippen LogP contribution in [0.2, 0.25) is 0 Å². The Balaban J connectivity index is 1.67. The number of rotatable bonds is 8. The monoisotopic (exact) mass is 401 g/mol. The highest BCUT2D eigenvalue weighted by Crippen LogP contribution is 2.31. The van der Waals surface area contributed by atoms with Gasteiger partial charge in [0.25, 0.3) is 0 Å². The van der Waals surface area contributed by atoms with E-state index in [9.17, 15) is 14.7 Å². The van der Waals surface area contributed by atoms with Crippen molar-refractivity contribution in [3.63, 3.8) is 0 Å². The lowest BCUT2D eigenvalue weighted by Crippen LogP contribution is -2.45. The summed E-state index contributed by atoms with van der Waals surface area (Å²) in [4.78, 5) is 28.3. The molecule has 2 aromatic rings. The van der Waals surface area contributed by atoms with Crippen LogP contribution in [-0.2, 0) is 16.0 Å². The first-order valence-corrected chi connectivity index (χ1v) is 10.5. The molecule has 1 aliphatic rings. The molecule has 1 aromatic heterocycles. The SMILES string of the molecule is CC(C)(CCc1ncc(-c2ccc(N(C=O)N3CCCCC3)cc2)s1)C(=O)O. The number of anilines is 1. The van der Waals surface area contributed by atoms with Crippen molar-refractivity contribution >= 4 is 29.4 Å². The third-order valence-corrected chi connectivity index (χ3v) is 6.36. The quantitative estimate of drug-likeness (QED) is 0.671. The molecule has 28 heavy (non-hydrogen) atoms. The van der Waals surface area contributed by atoms with Crippen molar-refractivity contribution in [1.82, 2.24) is 9.99 Å². The summed E-state index contributed by atoms with van der Waals surface area (Å²) in [5.41, 5.74) is 1.17. The molecule has 0 atom stereocenters. The predicted molar refractivity (Wildman–Crippen MR) is 111 cm³/mol. The molecule has 0 aliphatic carbocycles. The van der Waals surface area contributed by atoms with Crippen molar-refractivity contribution in [2.45, 2.75) is 46.0 Å². The zero-order valence-electron chi connectivity index (χ0n) is 16.4. The number of hydrogen-bond donors (Lipinski definition) is 1. The summed E-state index contributed by atoms with van der Waals surface area (Å²) < 4.78 is 0. The first kappa shape index (κ1) is 20.5. The van der Waals surface area contributed by atoms with Crippen LogP contribution in [0, 0.1) is 5.41 Å². The molecule has 150 valence electrons. The molecule has 0 bridgehead atoms. The average molecular weight is 402 g/mol. The van der Waals surface area contributed by atoms with Gasteiger partial charge in [0.1, 0.15) is 0 Å². The van der Waals surface area contributed by atoms with Crippen molar-refractivity contribution in [2.24, 2.45) is 5.41 Å². The van der Waals surface area contributed by atoms with Gasteiger partial charge >= 0.3 is 5.97 Å². The Labute approximate surface area is 169 Å². The molecule has 1 fully saturated rings. The number of benzene rings is 1. The molecule has 0 saturated carbocycles. The standard InChI is InChI=1S/C21H27N3O3S/c1-21(2,20(26)27)11-10-19-22-14-18(28-19)16-6-8-17(9-7-16)24(15-25)23-12-4-3-5-13-23/h6-9,14-15H,3-5,10-13H2,1-2H3,(H,26,27). The zero-order chi connectivity index (χ0) is 20.1. The molecule has 0 spiro atoms. The minimum Gasteiger partial charge on any atom is -0.481 e. The molecular weight excluding hydrogens is 374 g/mol. The number of piperidine rings is 1. The van der Waals surface area contributed by atoms with Crippen molar-refractivity contribution in [3.05, 3.63) is 35.5 Å². The fourth-order valence-electron chi connectivity index (χ4n) is 3.25. The Bertz CT molecular complexity index is 811. The average Bonchev–Trinajstić information content (AvgIpc) is 3.17. The maximum Gasteiger partial charge on any atom is 0.309 e. The lowest BCUT2D eigenvalue weighted by molar-refractivity contribution is -0.147. The normalized spacial score (nSPS) is 15.4. The summed E-state index contributed by atoms with van der Waals surface area (Å²) in [6, 6.07) is 7.94. The number of carbonyl (C=O) groups excluding carboxylic acids is 1. The van der Waals surface area contributed by atoms with Crippen molar-refractivity contribution in [2.75, 3.05) is 18.1 Å². The van der Waals surface area contributed by atoms with Gasteiger partial charge in [-0.25, -0.2) is 15.0 Å². The molecule has 6 nitrogen and oxygen atoms in total. The summed E-state index contributed by atoms with van der Waals surface area (Å²) in [6.45, 7) is 5.30. The van der Waals surface area contributed by atoms with E-state index >= 15 is 0 Å². The Morgan fingerprint density at radius 3 is 2.54 bits per heavy atom. The Kier molecular flexibility index (Phi) is 6.46. The molecular formula is C21H27N3O3S. The van der Waals surface area contributed by atoms with Gasteiger partial charge in [-0.3, -0.25) is 9.59 Å².